The van der Waals surface area contributed by atoms with Crippen LogP contribution < -0.4 is 55.7 Å². The van der Waals surface area contributed by atoms with Gasteiger partial charge in [-0.05, 0) is 80.6 Å². The second-order valence-corrected chi connectivity index (χ2v) is 18.9. The summed E-state index contributed by atoms with van der Waals surface area (Å²) in [6, 6.07) is -4.39. The zero-order valence-corrected chi connectivity index (χ0v) is 38.2. The van der Waals surface area contributed by atoms with Crippen LogP contribution in [0.25, 0.3) is 0 Å². The summed E-state index contributed by atoms with van der Waals surface area (Å²) in [6.45, 7) is 4.33. The Bertz CT molecular complexity index is 1310. The van der Waals surface area contributed by atoms with Gasteiger partial charge < -0.3 is 124 Å². The lowest BCUT2D eigenvalue weighted by Gasteiger charge is -2.48. The molecule has 2 saturated carbocycles. The average molecular weight is 927 g/mol. The maximum absolute atomic E-state index is 11.1. The fraction of sp³-hybridized carbons (Fsp3) is 1.00. The highest BCUT2D eigenvalue weighted by Gasteiger charge is 2.53. The van der Waals surface area contributed by atoms with E-state index in [1.807, 2.05) is 14.1 Å². The van der Waals surface area contributed by atoms with E-state index in [9.17, 15) is 30.6 Å². The highest BCUT2D eigenvalue weighted by molar-refractivity contribution is 5.04. The smallest absolute Gasteiger partial charge is 0.185 e. The Balaban J connectivity index is 0.000000241. The fourth-order valence-corrected chi connectivity index (χ4v) is 9.80. The Labute approximate surface area is 376 Å². The Morgan fingerprint density at radius 2 is 0.797 bits per heavy atom. The van der Waals surface area contributed by atoms with Crippen molar-refractivity contribution in [3.8, 4) is 0 Å². The third kappa shape index (κ3) is 12.8. The van der Waals surface area contributed by atoms with Gasteiger partial charge in [0.05, 0.1) is 49.6 Å². The lowest BCUT2D eigenvalue weighted by atomic mass is 9.84. The van der Waals surface area contributed by atoms with Gasteiger partial charge in [-0.1, -0.05) is 0 Å². The van der Waals surface area contributed by atoms with E-state index in [0.717, 1.165) is 25.7 Å². The van der Waals surface area contributed by atoms with Gasteiger partial charge in [0.15, 0.2) is 25.2 Å². The van der Waals surface area contributed by atoms with Crippen molar-refractivity contribution >= 4 is 0 Å². The van der Waals surface area contributed by atoms with E-state index >= 15 is 0 Å². The summed E-state index contributed by atoms with van der Waals surface area (Å²) in [5.74, 6) is 0. The SMILES string of the molecule is CNC[C@@H]1CC[C@@H](N)[C@@H](O[C@H]2[C@H](O)[C@@H](O[C@H]3OC[C@](C)(O)[C@H](NC)[C@H]3O)[C@H](N)C[C@@H]2N)O1.CNC[C@@H]1CC[C@@H](N)[C@@H](O[C@H]2[C@H](O)[C@@H](O[C@H]3OC[C@](C)(O)[C@H](NC)[C@H]3O)[C@H](N)C[C@@H]2N)O1. The second kappa shape index (κ2) is 23.6. The van der Waals surface area contributed by atoms with Gasteiger partial charge in [-0.25, -0.2) is 0 Å². The van der Waals surface area contributed by atoms with Gasteiger partial charge in [0.1, 0.15) is 60.0 Å². The predicted octanol–water partition coefficient (Wildman–Crippen LogP) is -7.43. The minimum absolute atomic E-state index is 0.0480. The maximum Gasteiger partial charge on any atom is 0.185 e. The molecule has 0 radical (unpaired) electrons. The minimum Gasteiger partial charge on any atom is -0.388 e. The molecule has 6 fully saturated rings. The van der Waals surface area contributed by atoms with Crippen LogP contribution in [0.4, 0.5) is 0 Å². The fourth-order valence-electron chi connectivity index (χ4n) is 9.80. The second-order valence-electron chi connectivity index (χ2n) is 18.9. The van der Waals surface area contributed by atoms with Crippen LogP contribution in [0.5, 0.6) is 0 Å². The van der Waals surface area contributed by atoms with Gasteiger partial charge in [0.25, 0.3) is 0 Å². The molecule has 6 rings (SSSR count). The standard InChI is InChI=1S/2C20H41N5O7/c2*1-20(28)8-29-19(14(27)17(20)25-3)32-16-12(23)6-11(22)15(13(16)26)31-18-10(21)5-4-9(30-18)7-24-2/h2*9-19,24-28H,4-8,21-23H2,1-3H3/t2*9-,10+,11-,12+,13-,14+,15+,16-,17+,18+,19+,20-/m00/s1. The van der Waals surface area contributed by atoms with Crippen LogP contribution in [0.15, 0.2) is 0 Å². The Hall–Kier alpha value is -0.960. The Kier molecular flexibility index (Phi) is 19.9. The van der Waals surface area contributed by atoms with Crippen molar-refractivity contribution in [3.05, 3.63) is 0 Å². The number of ether oxygens (including phenoxy) is 8. The van der Waals surface area contributed by atoms with Crippen LogP contribution in [0.1, 0.15) is 52.4 Å². The van der Waals surface area contributed by atoms with Crippen molar-refractivity contribution in [2.75, 3.05) is 54.5 Å². The molecule has 24 nitrogen and oxygen atoms in total. The highest BCUT2D eigenvalue weighted by Crippen LogP contribution is 2.34. The molecule has 4 saturated heterocycles. The van der Waals surface area contributed by atoms with Crippen molar-refractivity contribution in [2.45, 2.75) is 198 Å². The largest absolute Gasteiger partial charge is 0.388 e. The van der Waals surface area contributed by atoms with Crippen LogP contribution >= 0.6 is 0 Å². The van der Waals surface area contributed by atoms with E-state index in [0.29, 0.717) is 25.9 Å². The first kappa shape index (κ1) is 54.0. The number of nitrogens with two attached hydrogens (primary N) is 6. The molecule has 0 spiro atoms. The summed E-state index contributed by atoms with van der Waals surface area (Å²) in [4.78, 5) is 0. The van der Waals surface area contributed by atoms with E-state index in [1.165, 1.54) is 0 Å². The molecule has 0 aromatic rings. The van der Waals surface area contributed by atoms with Gasteiger partial charge in [0, 0.05) is 37.3 Å². The zero-order chi connectivity index (χ0) is 47.3. The van der Waals surface area contributed by atoms with Gasteiger partial charge in [-0.2, -0.15) is 0 Å². The first-order chi connectivity index (χ1) is 30.2. The molecule has 0 aromatic heterocycles. The van der Waals surface area contributed by atoms with E-state index in [1.54, 1.807) is 27.9 Å². The quantitative estimate of drug-likeness (QED) is 0.0769. The molecule has 0 amide bonds. The van der Waals surface area contributed by atoms with E-state index in [2.05, 4.69) is 21.3 Å². The molecule has 0 aromatic carbocycles. The Morgan fingerprint density at radius 1 is 0.484 bits per heavy atom. The topological polar surface area (TPSA) is 399 Å². The summed E-state index contributed by atoms with van der Waals surface area (Å²) in [5, 5.41) is 76.3. The molecule has 6 aliphatic rings. The number of aliphatic hydroxyl groups excluding tert-OH is 4. The van der Waals surface area contributed by atoms with Crippen LogP contribution in [0.3, 0.4) is 0 Å². The number of likely N-dealkylation sites (N-methyl/N-ethyl adjacent to an activating group) is 4. The first-order valence-electron chi connectivity index (χ1n) is 22.7. The summed E-state index contributed by atoms with van der Waals surface area (Å²) >= 11 is 0. The number of rotatable bonds is 14. The highest BCUT2D eigenvalue weighted by atomic mass is 16.7. The average Bonchev–Trinajstić information content (AvgIpc) is 3.22. The lowest BCUT2D eigenvalue weighted by molar-refractivity contribution is -0.306. The molecule has 4 aliphatic heterocycles. The summed E-state index contributed by atoms with van der Waals surface area (Å²) in [7, 11) is 6.95. The summed E-state index contributed by atoms with van der Waals surface area (Å²) in [6.07, 6.45) is -8.24. The molecular formula is C40H82N10O14. The molecule has 4 heterocycles. The van der Waals surface area contributed by atoms with Gasteiger partial charge in [0.2, 0.25) is 0 Å². The van der Waals surface area contributed by atoms with E-state index < -0.39 is 121 Å². The van der Waals surface area contributed by atoms with Crippen molar-refractivity contribution in [2.24, 2.45) is 34.4 Å². The van der Waals surface area contributed by atoms with Crippen molar-refractivity contribution < 1.29 is 68.5 Å². The number of hydrogen-bond donors (Lipinski definition) is 16. The van der Waals surface area contributed by atoms with Crippen LogP contribution in [-0.2, 0) is 37.9 Å². The normalized spacial score (nSPS) is 50.3. The molecular weight excluding hydrogens is 844 g/mol. The van der Waals surface area contributed by atoms with Gasteiger partial charge in [-0.15, -0.1) is 0 Å². The van der Waals surface area contributed by atoms with Gasteiger partial charge >= 0.3 is 0 Å². The molecule has 64 heavy (non-hydrogen) atoms. The third-order valence-corrected chi connectivity index (χ3v) is 13.4. The molecule has 0 unspecified atom stereocenters. The molecule has 0 bridgehead atoms. The number of hydrogen-bond acceptors (Lipinski definition) is 24. The number of nitrogens with one attached hydrogen (secondary N) is 4. The third-order valence-electron chi connectivity index (χ3n) is 13.4. The van der Waals surface area contributed by atoms with E-state index in [-0.39, 0.29) is 37.5 Å². The van der Waals surface area contributed by atoms with Crippen molar-refractivity contribution in [1.82, 2.24) is 21.3 Å². The van der Waals surface area contributed by atoms with E-state index in [4.69, 9.17) is 72.3 Å². The van der Waals surface area contributed by atoms with Crippen LogP contribution in [0, 0.1) is 0 Å². The van der Waals surface area contributed by atoms with Crippen molar-refractivity contribution in [3.63, 3.8) is 0 Å². The molecule has 24 heteroatoms. The number of aliphatic hydroxyl groups is 6. The molecule has 22 N–H and O–H groups in total. The monoisotopic (exact) mass is 927 g/mol. The molecule has 2 aliphatic carbocycles. The molecule has 24 atom stereocenters. The Morgan fingerprint density at radius 3 is 1.09 bits per heavy atom. The minimum atomic E-state index is -1.28. The molecule has 376 valence electrons. The van der Waals surface area contributed by atoms with Crippen LogP contribution in [0.2, 0.25) is 0 Å². The predicted molar refractivity (Wildman–Crippen MR) is 231 cm³/mol. The summed E-state index contributed by atoms with van der Waals surface area (Å²) < 4.78 is 47.1. The first-order valence-corrected chi connectivity index (χ1v) is 22.7. The summed E-state index contributed by atoms with van der Waals surface area (Å²) in [5.41, 5.74) is 34.8. The maximum atomic E-state index is 11.1. The van der Waals surface area contributed by atoms with Crippen LogP contribution in [-0.4, -0.2) is 231 Å². The lowest BCUT2D eigenvalue weighted by Crippen LogP contribution is -2.68. The van der Waals surface area contributed by atoms with Crippen molar-refractivity contribution in [1.29, 1.82) is 0 Å². The zero-order valence-electron chi connectivity index (χ0n) is 38.2. The van der Waals surface area contributed by atoms with Gasteiger partial charge in [-0.3, -0.25) is 0 Å².